The first-order valence-corrected chi connectivity index (χ1v) is 8.44. The van der Waals surface area contributed by atoms with E-state index in [2.05, 4.69) is 61.5 Å². The topological polar surface area (TPSA) is 18.5 Å². The van der Waals surface area contributed by atoms with Crippen LogP contribution in [-0.2, 0) is 0 Å². The van der Waals surface area contributed by atoms with Gasteiger partial charge in [-0.3, -0.25) is 0 Å². The zero-order valence-electron chi connectivity index (χ0n) is 14.5. The fourth-order valence-corrected chi connectivity index (χ4v) is 4.18. The van der Waals surface area contributed by atoms with Crippen LogP contribution in [-0.4, -0.2) is 14.2 Å². The van der Waals surface area contributed by atoms with Crippen molar-refractivity contribution < 1.29 is 9.47 Å². The van der Waals surface area contributed by atoms with Crippen LogP contribution in [0.1, 0.15) is 5.56 Å². The van der Waals surface area contributed by atoms with Crippen molar-refractivity contribution in [2.75, 3.05) is 14.2 Å². The molecule has 0 spiro atoms. The Morgan fingerprint density at radius 1 is 0.680 bits per heavy atom. The number of ether oxygens (including phenoxy) is 2. The summed E-state index contributed by atoms with van der Waals surface area (Å²) in [5.41, 5.74) is 6.38. The molecule has 0 aliphatic heterocycles. The molecule has 0 saturated heterocycles. The lowest BCUT2D eigenvalue weighted by Gasteiger charge is -2.15. The zero-order chi connectivity index (χ0) is 17.1. The summed E-state index contributed by atoms with van der Waals surface area (Å²) in [5.74, 6) is 1.58. The summed E-state index contributed by atoms with van der Waals surface area (Å²) < 4.78 is 11.2. The molecule has 0 saturated carbocycles. The molecule has 25 heavy (non-hydrogen) atoms. The van der Waals surface area contributed by atoms with Crippen molar-refractivity contribution in [3.05, 3.63) is 60.2 Å². The summed E-state index contributed by atoms with van der Waals surface area (Å²) in [5, 5.41) is 4.94. The maximum Gasteiger partial charge on any atom is 0.168 e. The maximum atomic E-state index is 5.69. The van der Waals surface area contributed by atoms with Gasteiger partial charge in [-0.25, -0.2) is 0 Å². The minimum Gasteiger partial charge on any atom is -0.493 e. The molecule has 5 rings (SSSR count). The number of methoxy groups -OCH3 is 2. The highest BCUT2D eigenvalue weighted by atomic mass is 16.5. The van der Waals surface area contributed by atoms with E-state index in [4.69, 9.17) is 9.47 Å². The van der Waals surface area contributed by atoms with Crippen LogP contribution in [0.15, 0.2) is 54.6 Å². The van der Waals surface area contributed by atoms with Crippen molar-refractivity contribution in [3.63, 3.8) is 0 Å². The lowest BCUT2D eigenvalue weighted by atomic mass is 9.95. The number of fused-ring (bicyclic) bond motifs is 4. The van der Waals surface area contributed by atoms with Gasteiger partial charge in [0.1, 0.15) is 0 Å². The molecule has 0 bridgehead atoms. The van der Waals surface area contributed by atoms with Gasteiger partial charge < -0.3 is 9.47 Å². The van der Waals surface area contributed by atoms with Crippen molar-refractivity contribution >= 4 is 21.5 Å². The average Bonchev–Trinajstić information content (AvgIpc) is 2.96. The highest BCUT2D eigenvalue weighted by Crippen LogP contribution is 2.50. The van der Waals surface area contributed by atoms with E-state index in [9.17, 15) is 0 Å². The quantitative estimate of drug-likeness (QED) is 0.398. The number of hydrogen-bond donors (Lipinski definition) is 0. The predicted molar refractivity (Wildman–Crippen MR) is 104 cm³/mol. The highest BCUT2D eigenvalue weighted by molar-refractivity contribution is 6.18. The van der Waals surface area contributed by atoms with Crippen LogP contribution in [0.3, 0.4) is 0 Å². The van der Waals surface area contributed by atoms with Crippen molar-refractivity contribution in [3.8, 4) is 33.8 Å². The monoisotopic (exact) mass is 326 g/mol. The van der Waals surface area contributed by atoms with Gasteiger partial charge in [0, 0.05) is 5.39 Å². The molecular formula is C23H18O2. The van der Waals surface area contributed by atoms with Gasteiger partial charge in [-0.15, -0.1) is 0 Å². The molecule has 0 atom stereocenters. The van der Waals surface area contributed by atoms with Gasteiger partial charge in [-0.1, -0.05) is 36.4 Å². The number of benzene rings is 4. The highest BCUT2D eigenvalue weighted by Gasteiger charge is 2.23. The summed E-state index contributed by atoms with van der Waals surface area (Å²) in [6.45, 7) is 2.12. The second kappa shape index (κ2) is 5.00. The summed E-state index contributed by atoms with van der Waals surface area (Å²) in [7, 11) is 3.39. The Labute approximate surface area is 146 Å². The van der Waals surface area contributed by atoms with E-state index in [1.165, 1.54) is 44.0 Å². The van der Waals surface area contributed by atoms with Gasteiger partial charge >= 0.3 is 0 Å². The first-order valence-electron chi connectivity index (χ1n) is 8.44. The lowest BCUT2D eigenvalue weighted by Crippen LogP contribution is -1.94. The molecule has 4 aromatic carbocycles. The van der Waals surface area contributed by atoms with Gasteiger partial charge in [-0.05, 0) is 69.1 Å². The van der Waals surface area contributed by atoms with Crippen LogP contribution in [0.5, 0.6) is 11.5 Å². The molecule has 2 heteroatoms. The van der Waals surface area contributed by atoms with Crippen LogP contribution in [0.2, 0.25) is 0 Å². The summed E-state index contributed by atoms with van der Waals surface area (Å²) in [6.07, 6.45) is 0. The van der Waals surface area contributed by atoms with Crippen LogP contribution in [0.25, 0.3) is 43.8 Å². The third kappa shape index (κ3) is 1.79. The van der Waals surface area contributed by atoms with E-state index < -0.39 is 0 Å². The number of rotatable bonds is 2. The van der Waals surface area contributed by atoms with Crippen LogP contribution >= 0.6 is 0 Å². The zero-order valence-corrected chi connectivity index (χ0v) is 14.5. The van der Waals surface area contributed by atoms with E-state index in [0.717, 1.165) is 16.9 Å². The van der Waals surface area contributed by atoms with E-state index in [-0.39, 0.29) is 0 Å². The fourth-order valence-electron chi connectivity index (χ4n) is 4.18. The Hall–Kier alpha value is -3.00. The SMILES string of the molecule is COc1cc(C)c2cc3c(cc2c1OC)-c1cccc2cccc-3c12. The molecular weight excluding hydrogens is 308 g/mol. The molecule has 0 radical (unpaired) electrons. The molecule has 0 unspecified atom stereocenters. The predicted octanol–water partition coefficient (Wildman–Crippen LogP) is 5.97. The fraction of sp³-hybridized carbons (Fsp3) is 0.130. The average molecular weight is 326 g/mol. The summed E-state index contributed by atoms with van der Waals surface area (Å²) in [4.78, 5) is 0. The molecule has 1 aliphatic carbocycles. The minimum atomic E-state index is 0.779. The van der Waals surface area contributed by atoms with Crippen LogP contribution in [0, 0.1) is 6.92 Å². The van der Waals surface area contributed by atoms with Crippen LogP contribution < -0.4 is 9.47 Å². The Kier molecular flexibility index (Phi) is 2.87. The van der Waals surface area contributed by atoms with Gasteiger partial charge in [-0.2, -0.15) is 0 Å². The van der Waals surface area contributed by atoms with Crippen molar-refractivity contribution in [1.29, 1.82) is 0 Å². The molecule has 0 amide bonds. The molecule has 0 aromatic heterocycles. The number of hydrogen-bond acceptors (Lipinski definition) is 2. The van der Waals surface area contributed by atoms with E-state index in [1.807, 2.05) is 0 Å². The van der Waals surface area contributed by atoms with Crippen LogP contribution in [0.4, 0.5) is 0 Å². The normalized spacial score (nSPS) is 11.8. The first kappa shape index (κ1) is 14.4. The molecule has 122 valence electrons. The molecule has 0 heterocycles. The third-order valence-electron chi connectivity index (χ3n) is 5.31. The van der Waals surface area contributed by atoms with E-state index >= 15 is 0 Å². The summed E-state index contributed by atoms with van der Waals surface area (Å²) >= 11 is 0. The number of aryl methyl sites for hydroxylation is 1. The second-order valence-corrected chi connectivity index (χ2v) is 6.58. The Bertz CT molecular complexity index is 1170. The smallest absolute Gasteiger partial charge is 0.168 e. The van der Waals surface area contributed by atoms with Crippen molar-refractivity contribution in [2.24, 2.45) is 0 Å². The van der Waals surface area contributed by atoms with Gasteiger partial charge in [0.25, 0.3) is 0 Å². The molecule has 0 fully saturated rings. The Morgan fingerprint density at radius 2 is 1.32 bits per heavy atom. The second-order valence-electron chi connectivity index (χ2n) is 6.58. The standard InChI is InChI=1S/C23H18O2/c1-13-10-21(24-2)23(25-3)20-12-19-16-9-5-7-14-6-4-8-15(22(14)16)18(19)11-17(13)20/h4-12H,1-3H3. The third-order valence-corrected chi connectivity index (χ3v) is 5.31. The molecule has 1 aliphatic rings. The Balaban J connectivity index is 1.95. The summed E-state index contributed by atoms with van der Waals surface area (Å²) in [6, 6.07) is 19.7. The molecule has 4 aromatic rings. The largest absolute Gasteiger partial charge is 0.493 e. The minimum absolute atomic E-state index is 0.779. The lowest BCUT2D eigenvalue weighted by molar-refractivity contribution is 0.358. The van der Waals surface area contributed by atoms with Gasteiger partial charge in [0.15, 0.2) is 11.5 Å². The van der Waals surface area contributed by atoms with E-state index in [1.54, 1.807) is 14.2 Å². The maximum absolute atomic E-state index is 5.69. The molecule has 0 N–H and O–H groups in total. The Morgan fingerprint density at radius 3 is 1.92 bits per heavy atom. The van der Waals surface area contributed by atoms with Crippen molar-refractivity contribution in [2.45, 2.75) is 6.92 Å². The van der Waals surface area contributed by atoms with E-state index in [0.29, 0.717) is 0 Å². The van der Waals surface area contributed by atoms with Gasteiger partial charge in [0.2, 0.25) is 0 Å². The first-order chi connectivity index (χ1) is 12.2. The van der Waals surface area contributed by atoms with Gasteiger partial charge in [0.05, 0.1) is 14.2 Å². The molecule has 2 nitrogen and oxygen atoms in total. The van der Waals surface area contributed by atoms with Crippen molar-refractivity contribution in [1.82, 2.24) is 0 Å².